The van der Waals surface area contributed by atoms with E-state index < -0.39 is 12.0 Å². The van der Waals surface area contributed by atoms with Gasteiger partial charge in [0.15, 0.2) is 0 Å². The highest BCUT2D eigenvalue weighted by Gasteiger charge is 2.43. The summed E-state index contributed by atoms with van der Waals surface area (Å²) >= 11 is 7.48. The Kier molecular flexibility index (Phi) is 4.45. The lowest BCUT2D eigenvalue weighted by molar-refractivity contribution is -0.0872. The van der Waals surface area contributed by atoms with E-state index in [4.69, 9.17) is 11.6 Å². The molecule has 1 aromatic carbocycles. The van der Waals surface area contributed by atoms with Gasteiger partial charge in [-0.2, -0.15) is 0 Å². The van der Waals surface area contributed by atoms with Crippen LogP contribution in [0.2, 0.25) is 5.02 Å². The fourth-order valence-corrected chi connectivity index (χ4v) is 3.71. The maximum absolute atomic E-state index is 12.8. The summed E-state index contributed by atoms with van der Waals surface area (Å²) < 4.78 is 25.6. The summed E-state index contributed by atoms with van der Waals surface area (Å²) in [6.07, 6.45) is -0.855. The summed E-state index contributed by atoms with van der Waals surface area (Å²) in [7, 11) is 0. The largest absolute Gasteiger partial charge is 0.383 e. The fourth-order valence-electron chi connectivity index (χ4n) is 2.57. The molecule has 1 unspecified atom stereocenters. The first kappa shape index (κ1) is 15.8. The Bertz CT molecular complexity index is 666. The van der Waals surface area contributed by atoms with E-state index in [-0.39, 0.29) is 13.0 Å². The summed E-state index contributed by atoms with van der Waals surface area (Å²) in [5.74, 6) is 0. The number of β-amino-alcohol motifs (C(OH)–C–C–N with tert-alkyl or cyclic N) is 1. The number of alkyl halides is 2. The summed E-state index contributed by atoms with van der Waals surface area (Å²) in [4.78, 5) is 7.18. The third-order valence-electron chi connectivity index (χ3n) is 3.77. The molecular weight excluding hydrogens is 330 g/mol. The van der Waals surface area contributed by atoms with Gasteiger partial charge in [0.25, 0.3) is 6.43 Å². The van der Waals surface area contributed by atoms with Crippen LogP contribution in [-0.2, 0) is 6.54 Å². The standard InChI is InChI=1S/C15H15ClF2N2OS/c16-11-3-1-2-10(6-11)13-19-7-12(22-13)8-20-5-4-15(21,9-20)14(17)18/h1-3,6-7,14,21H,4-5,8-9H2. The molecule has 0 spiro atoms. The van der Waals surface area contributed by atoms with Gasteiger partial charge in [-0.3, -0.25) is 4.90 Å². The number of likely N-dealkylation sites (tertiary alicyclic amines) is 1. The molecule has 0 radical (unpaired) electrons. The van der Waals surface area contributed by atoms with Gasteiger partial charge in [-0.1, -0.05) is 23.7 Å². The van der Waals surface area contributed by atoms with E-state index in [1.54, 1.807) is 12.3 Å². The maximum atomic E-state index is 12.8. The molecule has 0 aliphatic carbocycles. The highest BCUT2D eigenvalue weighted by Crippen LogP contribution is 2.31. The van der Waals surface area contributed by atoms with Crippen molar-refractivity contribution in [2.75, 3.05) is 13.1 Å². The van der Waals surface area contributed by atoms with Crippen molar-refractivity contribution in [3.05, 3.63) is 40.4 Å². The van der Waals surface area contributed by atoms with Crippen LogP contribution in [0, 0.1) is 0 Å². The first-order valence-corrected chi connectivity index (χ1v) is 8.09. The molecule has 1 aliphatic rings. The van der Waals surface area contributed by atoms with Crippen molar-refractivity contribution in [1.82, 2.24) is 9.88 Å². The molecule has 0 bridgehead atoms. The summed E-state index contributed by atoms with van der Waals surface area (Å²) in [6.45, 7) is 0.980. The average molecular weight is 345 g/mol. The smallest absolute Gasteiger partial charge is 0.268 e. The van der Waals surface area contributed by atoms with E-state index in [1.807, 2.05) is 23.1 Å². The van der Waals surface area contributed by atoms with Gasteiger partial charge in [-0.25, -0.2) is 13.8 Å². The second-order valence-electron chi connectivity index (χ2n) is 5.51. The molecule has 1 aromatic heterocycles. The number of hydrogen-bond acceptors (Lipinski definition) is 4. The lowest BCUT2D eigenvalue weighted by Crippen LogP contribution is -2.40. The van der Waals surface area contributed by atoms with Crippen LogP contribution in [0.3, 0.4) is 0 Å². The Labute approximate surface area is 136 Å². The number of aromatic nitrogens is 1. The van der Waals surface area contributed by atoms with Crippen molar-refractivity contribution >= 4 is 22.9 Å². The highest BCUT2D eigenvalue weighted by molar-refractivity contribution is 7.15. The molecule has 0 amide bonds. The van der Waals surface area contributed by atoms with E-state index in [2.05, 4.69) is 4.98 Å². The Hall–Kier alpha value is -1.08. The maximum Gasteiger partial charge on any atom is 0.268 e. The number of halogens is 3. The molecule has 1 saturated heterocycles. The molecule has 22 heavy (non-hydrogen) atoms. The van der Waals surface area contributed by atoms with Gasteiger partial charge >= 0.3 is 0 Å². The van der Waals surface area contributed by atoms with Crippen molar-refractivity contribution in [2.24, 2.45) is 0 Å². The number of benzene rings is 1. The summed E-state index contributed by atoms with van der Waals surface area (Å²) in [6, 6.07) is 7.44. The topological polar surface area (TPSA) is 36.4 Å². The normalized spacial score (nSPS) is 22.6. The highest BCUT2D eigenvalue weighted by atomic mass is 35.5. The molecular formula is C15H15ClF2N2OS. The van der Waals surface area contributed by atoms with Crippen molar-refractivity contribution in [2.45, 2.75) is 25.0 Å². The van der Waals surface area contributed by atoms with Crippen LogP contribution in [0.4, 0.5) is 8.78 Å². The molecule has 1 atom stereocenters. The van der Waals surface area contributed by atoms with Gasteiger partial charge in [-0.15, -0.1) is 11.3 Å². The zero-order valence-corrected chi connectivity index (χ0v) is 13.2. The molecule has 1 aliphatic heterocycles. The number of thiazole rings is 1. The lowest BCUT2D eigenvalue weighted by atomic mass is 10.1. The van der Waals surface area contributed by atoms with Crippen LogP contribution in [-0.4, -0.2) is 40.1 Å². The molecule has 7 heteroatoms. The van der Waals surface area contributed by atoms with Crippen molar-refractivity contribution in [3.63, 3.8) is 0 Å². The van der Waals surface area contributed by atoms with Gasteiger partial charge < -0.3 is 5.11 Å². The molecule has 3 rings (SSSR count). The van der Waals surface area contributed by atoms with Crippen LogP contribution in [0.5, 0.6) is 0 Å². The summed E-state index contributed by atoms with van der Waals surface area (Å²) in [5.41, 5.74) is -0.935. The fraction of sp³-hybridized carbons (Fsp3) is 0.400. The van der Waals surface area contributed by atoms with Crippen LogP contribution in [0.1, 0.15) is 11.3 Å². The van der Waals surface area contributed by atoms with Crippen LogP contribution < -0.4 is 0 Å². The van der Waals surface area contributed by atoms with E-state index in [0.717, 1.165) is 15.4 Å². The zero-order chi connectivity index (χ0) is 15.7. The first-order valence-electron chi connectivity index (χ1n) is 6.90. The van der Waals surface area contributed by atoms with Crippen molar-refractivity contribution < 1.29 is 13.9 Å². The second kappa shape index (κ2) is 6.20. The monoisotopic (exact) mass is 344 g/mol. The Morgan fingerprint density at radius 1 is 1.45 bits per heavy atom. The Morgan fingerprint density at radius 2 is 2.27 bits per heavy atom. The predicted octanol–water partition coefficient (Wildman–Crippen LogP) is 3.67. The van der Waals surface area contributed by atoms with E-state index in [0.29, 0.717) is 18.1 Å². The number of nitrogens with zero attached hydrogens (tertiary/aromatic N) is 2. The second-order valence-corrected chi connectivity index (χ2v) is 7.06. The minimum atomic E-state index is -2.71. The third kappa shape index (κ3) is 3.30. The quantitative estimate of drug-likeness (QED) is 0.919. The molecule has 2 heterocycles. The molecule has 2 aromatic rings. The lowest BCUT2D eigenvalue weighted by Gasteiger charge is -2.21. The Balaban J connectivity index is 1.68. The van der Waals surface area contributed by atoms with E-state index in [9.17, 15) is 13.9 Å². The van der Waals surface area contributed by atoms with E-state index in [1.165, 1.54) is 11.3 Å². The third-order valence-corrected chi connectivity index (χ3v) is 5.04. The predicted molar refractivity (Wildman–Crippen MR) is 83.4 cm³/mol. The SMILES string of the molecule is OC1(C(F)F)CCN(Cc2cnc(-c3cccc(Cl)c3)s2)C1. The first-order chi connectivity index (χ1) is 10.5. The van der Waals surface area contributed by atoms with Gasteiger partial charge in [0.2, 0.25) is 0 Å². The average Bonchev–Trinajstić information content (AvgIpc) is 3.07. The number of rotatable bonds is 4. The minimum absolute atomic E-state index is 0.00490. The molecule has 1 N–H and O–H groups in total. The summed E-state index contributed by atoms with van der Waals surface area (Å²) in [5, 5.41) is 11.3. The molecule has 1 fully saturated rings. The molecule has 0 saturated carbocycles. The van der Waals surface area contributed by atoms with E-state index >= 15 is 0 Å². The van der Waals surface area contributed by atoms with Crippen molar-refractivity contribution in [3.8, 4) is 10.6 Å². The molecule has 118 valence electrons. The number of aliphatic hydroxyl groups is 1. The number of hydrogen-bond donors (Lipinski definition) is 1. The zero-order valence-electron chi connectivity index (χ0n) is 11.7. The Morgan fingerprint density at radius 3 is 2.95 bits per heavy atom. The minimum Gasteiger partial charge on any atom is -0.383 e. The van der Waals surface area contributed by atoms with Gasteiger partial charge in [0.05, 0.1) is 0 Å². The molecule has 3 nitrogen and oxygen atoms in total. The van der Waals surface area contributed by atoms with Gasteiger partial charge in [-0.05, 0) is 18.6 Å². The van der Waals surface area contributed by atoms with Crippen LogP contribution in [0.15, 0.2) is 30.5 Å². The van der Waals surface area contributed by atoms with Crippen LogP contribution in [0.25, 0.3) is 10.6 Å². The van der Waals surface area contributed by atoms with Gasteiger partial charge in [0.1, 0.15) is 10.6 Å². The van der Waals surface area contributed by atoms with Crippen LogP contribution >= 0.6 is 22.9 Å². The van der Waals surface area contributed by atoms with Crippen molar-refractivity contribution in [1.29, 1.82) is 0 Å². The van der Waals surface area contributed by atoms with Gasteiger partial charge in [0, 0.05) is 41.3 Å².